The molecule has 2 aromatic rings. The van der Waals surface area contributed by atoms with Gasteiger partial charge in [0.25, 0.3) is 5.69 Å². The molecule has 0 unspecified atom stereocenters. The Kier molecular flexibility index (Phi) is 3.96. The van der Waals surface area contributed by atoms with Crippen LogP contribution in [-0.2, 0) is 0 Å². The molecule has 0 aliphatic carbocycles. The van der Waals surface area contributed by atoms with E-state index >= 15 is 0 Å². The molecule has 7 heteroatoms. The molecule has 0 amide bonds. The summed E-state index contributed by atoms with van der Waals surface area (Å²) < 4.78 is 14.3. The number of nitriles is 1. The SMILES string of the molecule is N#Cc1ccc(Nc2cc(Br)ccc2F)cc1[N+](=O)[O-]. The van der Waals surface area contributed by atoms with Crippen molar-refractivity contribution in [2.45, 2.75) is 0 Å². The molecule has 1 N–H and O–H groups in total. The van der Waals surface area contributed by atoms with E-state index in [9.17, 15) is 14.5 Å². The molecule has 0 aliphatic rings. The van der Waals surface area contributed by atoms with Crippen molar-refractivity contribution in [3.05, 3.63) is 62.4 Å². The van der Waals surface area contributed by atoms with Gasteiger partial charge in [-0.3, -0.25) is 10.1 Å². The first-order chi connectivity index (χ1) is 9.51. The lowest BCUT2D eigenvalue weighted by atomic mass is 10.1. The molecule has 0 spiro atoms. The molecular formula is C13H7BrFN3O2. The summed E-state index contributed by atoms with van der Waals surface area (Å²) in [5.74, 6) is -0.486. The van der Waals surface area contributed by atoms with Crippen molar-refractivity contribution in [2.24, 2.45) is 0 Å². The highest BCUT2D eigenvalue weighted by Gasteiger charge is 2.14. The highest BCUT2D eigenvalue weighted by molar-refractivity contribution is 9.10. The number of anilines is 2. The van der Waals surface area contributed by atoms with Crippen LogP contribution >= 0.6 is 15.9 Å². The quantitative estimate of drug-likeness (QED) is 0.676. The van der Waals surface area contributed by atoms with Gasteiger partial charge in [0.2, 0.25) is 0 Å². The van der Waals surface area contributed by atoms with Crippen LogP contribution in [0, 0.1) is 27.3 Å². The number of nitrogens with one attached hydrogen (secondary N) is 1. The molecule has 0 aromatic heterocycles. The van der Waals surface area contributed by atoms with Gasteiger partial charge >= 0.3 is 0 Å². The van der Waals surface area contributed by atoms with E-state index in [1.165, 1.54) is 30.3 Å². The fraction of sp³-hybridized carbons (Fsp3) is 0. The summed E-state index contributed by atoms with van der Waals surface area (Å²) in [5.41, 5.74) is 0.134. The monoisotopic (exact) mass is 335 g/mol. The van der Waals surface area contributed by atoms with Gasteiger partial charge in [0, 0.05) is 16.2 Å². The Labute approximate surface area is 121 Å². The number of halogens is 2. The Balaban J connectivity index is 2.40. The number of hydrogen-bond donors (Lipinski definition) is 1. The normalized spacial score (nSPS) is 9.85. The molecule has 2 aromatic carbocycles. The Morgan fingerprint density at radius 3 is 2.70 bits per heavy atom. The maximum atomic E-state index is 13.6. The van der Waals surface area contributed by atoms with Crippen molar-refractivity contribution < 1.29 is 9.31 Å². The van der Waals surface area contributed by atoms with Gasteiger partial charge in [-0.2, -0.15) is 5.26 Å². The van der Waals surface area contributed by atoms with Crippen molar-refractivity contribution in [1.82, 2.24) is 0 Å². The van der Waals surface area contributed by atoms with Gasteiger partial charge < -0.3 is 5.32 Å². The Morgan fingerprint density at radius 1 is 1.30 bits per heavy atom. The molecule has 0 heterocycles. The second-order valence-corrected chi connectivity index (χ2v) is 4.77. The van der Waals surface area contributed by atoms with Crippen molar-refractivity contribution in [3.63, 3.8) is 0 Å². The minimum absolute atomic E-state index is 0.0461. The first-order valence-corrected chi connectivity index (χ1v) is 6.21. The van der Waals surface area contributed by atoms with E-state index < -0.39 is 10.7 Å². The minimum Gasteiger partial charge on any atom is -0.353 e. The van der Waals surface area contributed by atoms with Crippen LogP contribution < -0.4 is 5.32 Å². The maximum absolute atomic E-state index is 13.6. The lowest BCUT2D eigenvalue weighted by Crippen LogP contribution is -1.97. The van der Waals surface area contributed by atoms with E-state index in [-0.39, 0.29) is 16.9 Å². The van der Waals surface area contributed by atoms with Gasteiger partial charge in [-0.25, -0.2) is 4.39 Å². The predicted molar refractivity (Wildman–Crippen MR) is 75.2 cm³/mol. The van der Waals surface area contributed by atoms with Gasteiger partial charge in [-0.05, 0) is 30.3 Å². The van der Waals surface area contributed by atoms with E-state index in [4.69, 9.17) is 5.26 Å². The molecule has 0 bridgehead atoms. The third kappa shape index (κ3) is 2.92. The van der Waals surface area contributed by atoms with E-state index in [1.54, 1.807) is 12.1 Å². The van der Waals surface area contributed by atoms with Crippen molar-refractivity contribution in [1.29, 1.82) is 5.26 Å². The first kappa shape index (κ1) is 14.0. The first-order valence-electron chi connectivity index (χ1n) is 5.42. The molecule has 0 saturated carbocycles. The van der Waals surface area contributed by atoms with Gasteiger partial charge in [0.05, 0.1) is 10.6 Å². The Bertz CT molecular complexity index is 728. The third-order valence-corrected chi connectivity index (χ3v) is 3.02. The second kappa shape index (κ2) is 5.67. The Morgan fingerprint density at radius 2 is 2.05 bits per heavy atom. The topological polar surface area (TPSA) is 79.0 Å². The van der Waals surface area contributed by atoms with Gasteiger partial charge in [-0.15, -0.1) is 0 Å². The molecular weight excluding hydrogens is 329 g/mol. The van der Waals surface area contributed by atoms with Crippen LogP contribution in [0.2, 0.25) is 0 Å². The average molecular weight is 336 g/mol. The lowest BCUT2D eigenvalue weighted by Gasteiger charge is -2.08. The van der Waals surface area contributed by atoms with Gasteiger partial charge in [-0.1, -0.05) is 15.9 Å². The zero-order valence-corrected chi connectivity index (χ0v) is 11.5. The summed E-state index contributed by atoms with van der Waals surface area (Å²) in [6, 6.07) is 10.0. The highest BCUT2D eigenvalue weighted by atomic mass is 79.9. The fourth-order valence-electron chi connectivity index (χ4n) is 1.60. The molecule has 100 valence electrons. The summed E-state index contributed by atoms with van der Waals surface area (Å²) in [5, 5.41) is 22.4. The third-order valence-electron chi connectivity index (χ3n) is 2.52. The molecule has 20 heavy (non-hydrogen) atoms. The lowest BCUT2D eigenvalue weighted by molar-refractivity contribution is -0.385. The zero-order chi connectivity index (χ0) is 14.7. The number of hydrogen-bond acceptors (Lipinski definition) is 4. The molecule has 0 aliphatic heterocycles. The Hall–Kier alpha value is -2.46. The van der Waals surface area contributed by atoms with Crippen LogP contribution in [0.25, 0.3) is 0 Å². The second-order valence-electron chi connectivity index (χ2n) is 3.85. The summed E-state index contributed by atoms with van der Waals surface area (Å²) in [7, 11) is 0. The number of benzene rings is 2. The van der Waals surface area contributed by atoms with E-state index in [1.807, 2.05) is 0 Å². The number of nitro groups is 1. The largest absolute Gasteiger partial charge is 0.353 e. The van der Waals surface area contributed by atoms with Gasteiger partial charge in [0.1, 0.15) is 17.4 Å². The van der Waals surface area contributed by atoms with E-state index in [0.29, 0.717) is 10.2 Å². The minimum atomic E-state index is -0.652. The molecule has 0 atom stereocenters. The number of nitro benzene ring substituents is 1. The molecule has 2 rings (SSSR count). The van der Waals surface area contributed by atoms with Crippen molar-refractivity contribution in [2.75, 3.05) is 5.32 Å². The maximum Gasteiger partial charge on any atom is 0.289 e. The van der Waals surface area contributed by atoms with Crippen LogP contribution in [0.3, 0.4) is 0 Å². The predicted octanol–water partition coefficient (Wildman–Crippen LogP) is 4.11. The highest BCUT2D eigenvalue weighted by Crippen LogP contribution is 2.27. The standard InChI is InChI=1S/C13H7BrFN3O2/c14-9-2-4-11(15)12(5-9)17-10-3-1-8(7-16)13(6-10)18(19)20/h1-6,17H. The smallest absolute Gasteiger partial charge is 0.289 e. The van der Waals surface area contributed by atoms with Crippen LogP contribution in [-0.4, -0.2) is 4.92 Å². The van der Waals surface area contributed by atoms with Crippen molar-refractivity contribution >= 4 is 33.0 Å². The zero-order valence-electron chi connectivity index (χ0n) is 9.93. The van der Waals surface area contributed by atoms with E-state index in [2.05, 4.69) is 21.2 Å². The average Bonchev–Trinajstić information content (AvgIpc) is 2.42. The van der Waals surface area contributed by atoms with Crippen LogP contribution in [0.1, 0.15) is 5.56 Å². The van der Waals surface area contributed by atoms with Crippen molar-refractivity contribution in [3.8, 4) is 6.07 Å². The summed E-state index contributed by atoms with van der Waals surface area (Å²) in [4.78, 5) is 10.2. The fourth-order valence-corrected chi connectivity index (χ4v) is 1.96. The van der Waals surface area contributed by atoms with Gasteiger partial charge in [0.15, 0.2) is 0 Å². The molecule has 0 fully saturated rings. The number of nitrogens with zero attached hydrogens (tertiary/aromatic N) is 2. The summed E-state index contributed by atoms with van der Waals surface area (Å²) in [6.45, 7) is 0. The molecule has 5 nitrogen and oxygen atoms in total. The number of rotatable bonds is 3. The van der Waals surface area contributed by atoms with Crippen LogP contribution in [0.5, 0.6) is 0 Å². The summed E-state index contributed by atoms with van der Waals surface area (Å²) >= 11 is 3.21. The van der Waals surface area contributed by atoms with Crippen LogP contribution in [0.15, 0.2) is 40.9 Å². The van der Waals surface area contributed by atoms with E-state index in [0.717, 1.165) is 0 Å². The molecule has 0 saturated heterocycles. The summed E-state index contributed by atoms with van der Waals surface area (Å²) in [6.07, 6.45) is 0. The van der Waals surface area contributed by atoms with Crippen LogP contribution in [0.4, 0.5) is 21.5 Å². The molecule has 0 radical (unpaired) electrons.